The van der Waals surface area contributed by atoms with E-state index in [4.69, 9.17) is 18.5 Å². The summed E-state index contributed by atoms with van der Waals surface area (Å²) >= 11 is 0. The molecule has 36 heavy (non-hydrogen) atoms. The second-order valence-electron chi connectivity index (χ2n) is 14.6. The number of methoxy groups -OCH3 is 1. The molecule has 7 heteroatoms. The lowest BCUT2D eigenvalue weighted by Gasteiger charge is -2.64. The Balaban J connectivity index is 1.40. The zero-order valence-corrected chi connectivity index (χ0v) is 25.2. The molecule has 4 aliphatic carbocycles. The van der Waals surface area contributed by atoms with Crippen molar-refractivity contribution in [3.63, 3.8) is 0 Å². The van der Waals surface area contributed by atoms with E-state index in [1.54, 1.807) is 0 Å². The third-order valence-corrected chi connectivity index (χ3v) is 12.7. The van der Waals surface area contributed by atoms with Gasteiger partial charge in [0.1, 0.15) is 0 Å². The summed E-state index contributed by atoms with van der Waals surface area (Å²) in [4.78, 5) is 11.8. The summed E-state index contributed by atoms with van der Waals surface area (Å²) in [6, 6.07) is 0. The van der Waals surface area contributed by atoms with E-state index in [0.29, 0.717) is 58.9 Å². The monoisotopic (exact) mass is 518 g/mol. The van der Waals surface area contributed by atoms with Crippen molar-refractivity contribution in [2.45, 2.75) is 123 Å². The van der Waals surface area contributed by atoms with E-state index in [0.717, 1.165) is 12.8 Å². The molecule has 11 atom stereocenters. The predicted octanol–water partition coefficient (Wildman–Crippen LogP) is 6.58. The molecule has 5 aliphatic rings. The van der Waals surface area contributed by atoms with Gasteiger partial charge in [-0.15, -0.1) is 0 Å². The Kier molecular flexibility index (Phi) is 7.31. The molecule has 1 aliphatic heterocycles. The zero-order valence-electron chi connectivity index (χ0n) is 24.2. The van der Waals surface area contributed by atoms with Gasteiger partial charge in [0.2, 0.25) is 0 Å². The molecule has 0 bridgehead atoms. The van der Waals surface area contributed by atoms with Gasteiger partial charge in [-0.25, -0.2) is 0 Å². The average molecular weight is 519 g/mol. The standard InChI is InChI=1S/C29H51BO5Si/c1-18(9-12-24(31)32-5)20-10-11-21-25-22(14-16-28(20,21)2)29(3)15-13-19(35-36(6,7)8)17-23(29)26-27(25)34-30(4)33-26/h18-23,25-27H,9-17H2,1-8H3/t18-,19-,20-,21+,22+,23-,25+,26-,27+,28-,29-/m1/s1. The lowest BCUT2D eigenvalue weighted by atomic mass is 9.43. The number of fused-ring (bicyclic) bond motifs is 8. The van der Waals surface area contributed by atoms with E-state index in [1.807, 2.05) is 0 Å². The van der Waals surface area contributed by atoms with E-state index in [9.17, 15) is 4.79 Å². The number of carbonyl (C=O) groups is 1. The molecule has 4 saturated carbocycles. The van der Waals surface area contributed by atoms with Crippen LogP contribution in [0.25, 0.3) is 0 Å². The predicted molar refractivity (Wildman–Crippen MR) is 146 cm³/mol. The van der Waals surface area contributed by atoms with Crippen LogP contribution in [0.3, 0.4) is 0 Å². The Labute approximate surface area is 221 Å². The van der Waals surface area contributed by atoms with E-state index in [-0.39, 0.29) is 25.3 Å². The number of hydrogen-bond acceptors (Lipinski definition) is 5. The van der Waals surface area contributed by atoms with Gasteiger partial charge in [0.05, 0.1) is 19.3 Å². The Bertz CT molecular complexity index is 833. The van der Waals surface area contributed by atoms with Crippen LogP contribution in [0.4, 0.5) is 0 Å². The highest BCUT2D eigenvalue weighted by atomic mass is 28.4. The third-order valence-electron chi connectivity index (χ3n) is 11.7. The molecule has 0 N–H and O–H groups in total. The molecule has 5 rings (SSSR count). The topological polar surface area (TPSA) is 54.0 Å². The summed E-state index contributed by atoms with van der Waals surface area (Å²) in [5.41, 5.74) is 0.645. The van der Waals surface area contributed by atoms with Gasteiger partial charge < -0.3 is 18.5 Å². The van der Waals surface area contributed by atoms with Crippen LogP contribution in [0.1, 0.15) is 78.6 Å². The van der Waals surface area contributed by atoms with Gasteiger partial charge in [-0.1, -0.05) is 20.8 Å². The minimum atomic E-state index is -1.57. The SMILES string of the molecule is COC(=O)CC[C@@H](C)[C@H]1CC[C@H]2[C@@H]3[C@@H]4OB(C)O[C@@H]4[C@H]4C[C@H](O[Si](C)(C)C)CC[C@]4(C)[C@H]3CC[C@]12C. The summed E-state index contributed by atoms with van der Waals surface area (Å²) in [6.07, 6.45) is 11.1. The molecule has 0 spiro atoms. The fourth-order valence-electron chi connectivity index (χ4n) is 10.2. The highest BCUT2D eigenvalue weighted by Gasteiger charge is 2.67. The Morgan fingerprint density at radius 1 is 1.00 bits per heavy atom. The van der Waals surface area contributed by atoms with Gasteiger partial charge in [0, 0.05) is 12.5 Å². The first-order valence-corrected chi connectivity index (χ1v) is 18.3. The second-order valence-corrected chi connectivity index (χ2v) is 19.1. The molecule has 0 amide bonds. The molecule has 5 nitrogen and oxygen atoms in total. The number of esters is 1. The maximum absolute atomic E-state index is 11.8. The van der Waals surface area contributed by atoms with Crippen molar-refractivity contribution in [2.75, 3.05) is 7.11 Å². The summed E-state index contributed by atoms with van der Waals surface area (Å²) in [5.74, 6) is 3.68. The van der Waals surface area contributed by atoms with Crippen LogP contribution in [0, 0.1) is 46.3 Å². The minimum Gasteiger partial charge on any atom is -0.469 e. The second kappa shape index (κ2) is 9.67. The largest absolute Gasteiger partial charge is 0.469 e. The molecule has 0 aromatic carbocycles. The van der Waals surface area contributed by atoms with Crippen molar-refractivity contribution in [2.24, 2.45) is 46.3 Å². The lowest BCUT2D eigenvalue weighted by Crippen LogP contribution is -2.63. The van der Waals surface area contributed by atoms with E-state index >= 15 is 0 Å². The smallest absolute Gasteiger partial charge is 0.454 e. The quantitative estimate of drug-likeness (QED) is 0.294. The number of rotatable bonds is 6. The molecule has 204 valence electrons. The molecule has 0 radical (unpaired) electrons. The van der Waals surface area contributed by atoms with Gasteiger partial charge in [0.15, 0.2) is 8.32 Å². The fraction of sp³-hybridized carbons (Fsp3) is 0.966. The molecule has 0 aromatic rings. The van der Waals surface area contributed by atoms with E-state index < -0.39 is 8.32 Å². The molecule has 5 fully saturated rings. The van der Waals surface area contributed by atoms with Crippen LogP contribution < -0.4 is 0 Å². The van der Waals surface area contributed by atoms with Crippen LogP contribution in [0.2, 0.25) is 26.5 Å². The van der Waals surface area contributed by atoms with Crippen LogP contribution >= 0.6 is 0 Å². The highest BCUT2D eigenvalue weighted by molar-refractivity contribution is 6.69. The Morgan fingerprint density at radius 3 is 2.36 bits per heavy atom. The van der Waals surface area contributed by atoms with Gasteiger partial charge in [-0.3, -0.25) is 4.79 Å². The lowest BCUT2D eigenvalue weighted by molar-refractivity contribution is -0.189. The van der Waals surface area contributed by atoms with Crippen molar-refractivity contribution in [3.8, 4) is 0 Å². The molecule has 0 aromatic heterocycles. The van der Waals surface area contributed by atoms with Crippen LogP contribution in [-0.4, -0.2) is 46.8 Å². The van der Waals surface area contributed by atoms with Crippen molar-refractivity contribution in [3.05, 3.63) is 0 Å². The van der Waals surface area contributed by atoms with E-state index in [2.05, 4.69) is 47.2 Å². The molecular formula is C29H51BO5Si. The summed E-state index contributed by atoms with van der Waals surface area (Å²) in [7, 11) is -0.173. The van der Waals surface area contributed by atoms with Gasteiger partial charge in [-0.2, -0.15) is 0 Å². The van der Waals surface area contributed by atoms with Crippen LogP contribution in [0.15, 0.2) is 0 Å². The number of hydrogen-bond donors (Lipinski definition) is 0. The van der Waals surface area contributed by atoms with Crippen molar-refractivity contribution < 1.29 is 23.3 Å². The van der Waals surface area contributed by atoms with Crippen LogP contribution in [0.5, 0.6) is 0 Å². The maximum atomic E-state index is 11.8. The molecular weight excluding hydrogens is 467 g/mol. The summed E-state index contributed by atoms with van der Waals surface area (Å²) < 4.78 is 24.9. The average Bonchev–Trinajstić information content (AvgIpc) is 3.36. The van der Waals surface area contributed by atoms with Crippen molar-refractivity contribution in [1.29, 1.82) is 0 Å². The summed E-state index contributed by atoms with van der Waals surface area (Å²) in [5, 5.41) is 0. The van der Waals surface area contributed by atoms with Crippen molar-refractivity contribution in [1.82, 2.24) is 0 Å². The first kappa shape index (κ1) is 27.2. The highest BCUT2D eigenvalue weighted by Crippen LogP contribution is 2.69. The number of carbonyl (C=O) groups excluding carboxylic acids is 1. The first-order chi connectivity index (χ1) is 16.9. The Hall–Kier alpha value is -0.368. The Morgan fingerprint density at radius 2 is 1.67 bits per heavy atom. The third kappa shape index (κ3) is 4.56. The number of ether oxygens (including phenoxy) is 1. The van der Waals surface area contributed by atoms with E-state index in [1.165, 1.54) is 45.6 Å². The molecule has 0 unspecified atom stereocenters. The normalized spacial score (nSPS) is 46.9. The summed E-state index contributed by atoms with van der Waals surface area (Å²) in [6.45, 7) is 16.6. The van der Waals surface area contributed by atoms with Gasteiger partial charge in [-0.05, 0) is 124 Å². The molecule has 1 saturated heterocycles. The first-order valence-electron chi connectivity index (χ1n) is 14.9. The van der Waals surface area contributed by atoms with Crippen LogP contribution in [-0.2, 0) is 23.3 Å². The van der Waals surface area contributed by atoms with Crippen molar-refractivity contribution >= 4 is 21.4 Å². The van der Waals surface area contributed by atoms with Gasteiger partial charge >= 0.3 is 13.1 Å². The zero-order chi connectivity index (χ0) is 26.0. The van der Waals surface area contributed by atoms with Gasteiger partial charge in [0.25, 0.3) is 0 Å². The minimum absolute atomic E-state index is 0.0708. The maximum Gasteiger partial charge on any atom is 0.454 e. The fourth-order valence-corrected chi connectivity index (χ4v) is 11.4. The molecule has 1 heterocycles.